The molecule has 5 rings (SSSR count). The summed E-state index contributed by atoms with van der Waals surface area (Å²) < 4.78 is 0. The molecule has 1 aliphatic carbocycles. The molecule has 0 radical (unpaired) electrons. The van der Waals surface area contributed by atoms with Gasteiger partial charge in [0.15, 0.2) is 0 Å². The monoisotopic (exact) mass is 518 g/mol. The van der Waals surface area contributed by atoms with Crippen LogP contribution in [-0.4, -0.2) is 85.2 Å². The molecule has 0 atom stereocenters. The fourth-order valence-electron chi connectivity index (χ4n) is 5.49. The van der Waals surface area contributed by atoms with E-state index in [2.05, 4.69) is 30.2 Å². The normalized spacial score (nSPS) is 17.0. The van der Waals surface area contributed by atoms with Crippen LogP contribution in [0.5, 0.6) is 0 Å². The van der Waals surface area contributed by atoms with Crippen molar-refractivity contribution in [2.24, 2.45) is 0 Å². The lowest BCUT2D eigenvalue weighted by molar-refractivity contribution is -0.132. The van der Waals surface area contributed by atoms with Crippen molar-refractivity contribution < 1.29 is 9.59 Å². The van der Waals surface area contributed by atoms with E-state index in [1.807, 2.05) is 29.2 Å². The summed E-state index contributed by atoms with van der Waals surface area (Å²) in [6.45, 7) is 5.22. The zero-order valence-corrected chi connectivity index (χ0v) is 21.9. The third-order valence-corrected chi connectivity index (χ3v) is 7.64. The van der Waals surface area contributed by atoms with Gasteiger partial charge in [0.2, 0.25) is 5.91 Å². The maximum absolute atomic E-state index is 13.3. The summed E-state index contributed by atoms with van der Waals surface area (Å²) in [4.78, 5) is 46.9. The van der Waals surface area contributed by atoms with Crippen molar-refractivity contribution in [2.75, 3.05) is 32.7 Å². The van der Waals surface area contributed by atoms with Gasteiger partial charge in [-0.3, -0.25) is 14.5 Å². The van der Waals surface area contributed by atoms with Crippen molar-refractivity contribution in [3.05, 3.63) is 71.8 Å². The zero-order chi connectivity index (χ0) is 26.2. The summed E-state index contributed by atoms with van der Waals surface area (Å²) in [6, 6.07) is 8.26. The van der Waals surface area contributed by atoms with E-state index in [0.717, 1.165) is 37.8 Å². The standard InChI is InChI=1S/C28H38N8O2/c37-27(35-16-14-34(15-17-35)24-4-2-1-3-5-24)19-29-18-22-6-8-23(9-7-22)28(38)36(20-25-30-10-11-31-25)21-26-32-12-13-33-26/h6-13,24,29H,1-5,14-21H2,(H,30,31)(H,32,33). The van der Waals surface area contributed by atoms with Crippen molar-refractivity contribution in [1.29, 1.82) is 0 Å². The van der Waals surface area contributed by atoms with Crippen LogP contribution in [0.2, 0.25) is 0 Å². The highest BCUT2D eigenvalue weighted by atomic mass is 16.2. The van der Waals surface area contributed by atoms with E-state index in [1.54, 1.807) is 29.7 Å². The number of hydrogen-bond acceptors (Lipinski definition) is 6. The Bertz CT molecular complexity index is 1100. The van der Waals surface area contributed by atoms with Crippen LogP contribution in [0.1, 0.15) is 59.7 Å². The number of H-pyrrole nitrogens is 2. The molecular weight excluding hydrogens is 480 g/mol. The Morgan fingerprint density at radius 1 is 0.895 bits per heavy atom. The lowest BCUT2D eigenvalue weighted by atomic mass is 9.94. The lowest BCUT2D eigenvalue weighted by Crippen LogP contribution is -2.53. The number of imidazole rings is 2. The highest BCUT2D eigenvalue weighted by molar-refractivity contribution is 5.94. The Morgan fingerprint density at radius 3 is 2.11 bits per heavy atom. The molecule has 3 heterocycles. The maximum atomic E-state index is 13.3. The highest BCUT2D eigenvalue weighted by Crippen LogP contribution is 2.23. The predicted molar refractivity (Wildman–Crippen MR) is 144 cm³/mol. The van der Waals surface area contributed by atoms with E-state index in [9.17, 15) is 9.59 Å². The Hall–Kier alpha value is -3.50. The van der Waals surface area contributed by atoms with Gasteiger partial charge in [-0.1, -0.05) is 31.4 Å². The van der Waals surface area contributed by atoms with E-state index in [1.165, 1.54) is 32.1 Å². The second-order valence-electron chi connectivity index (χ2n) is 10.2. The Labute approximate surface area is 223 Å². The summed E-state index contributed by atoms with van der Waals surface area (Å²) in [6.07, 6.45) is 13.5. The first-order chi connectivity index (χ1) is 18.7. The fourth-order valence-corrected chi connectivity index (χ4v) is 5.49. The quantitative estimate of drug-likeness (QED) is 0.380. The minimum Gasteiger partial charge on any atom is -0.347 e. The predicted octanol–water partition coefficient (Wildman–Crippen LogP) is 2.54. The van der Waals surface area contributed by atoms with Gasteiger partial charge >= 0.3 is 0 Å². The number of amides is 2. The van der Waals surface area contributed by atoms with Crippen LogP contribution in [0.15, 0.2) is 49.1 Å². The molecular formula is C28H38N8O2. The Morgan fingerprint density at radius 2 is 1.53 bits per heavy atom. The first-order valence-corrected chi connectivity index (χ1v) is 13.7. The number of aromatic amines is 2. The van der Waals surface area contributed by atoms with Crippen LogP contribution in [0.4, 0.5) is 0 Å². The van der Waals surface area contributed by atoms with Crippen molar-refractivity contribution >= 4 is 11.8 Å². The van der Waals surface area contributed by atoms with Gasteiger partial charge in [-0.25, -0.2) is 9.97 Å². The summed E-state index contributed by atoms with van der Waals surface area (Å²) in [7, 11) is 0. The van der Waals surface area contributed by atoms with Gasteiger partial charge in [0.25, 0.3) is 5.91 Å². The number of aromatic nitrogens is 4. The third-order valence-electron chi connectivity index (χ3n) is 7.64. The van der Waals surface area contributed by atoms with E-state index in [-0.39, 0.29) is 11.8 Å². The van der Waals surface area contributed by atoms with Crippen molar-refractivity contribution in [3.63, 3.8) is 0 Å². The van der Waals surface area contributed by atoms with Gasteiger partial charge in [-0.2, -0.15) is 0 Å². The topological polar surface area (TPSA) is 113 Å². The van der Waals surface area contributed by atoms with Crippen LogP contribution in [0, 0.1) is 0 Å². The summed E-state index contributed by atoms with van der Waals surface area (Å²) in [5.41, 5.74) is 1.62. The fraction of sp³-hybridized carbons (Fsp3) is 0.500. The molecule has 1 aliphatic heterocycles. The molecule has 202 valence electrons. The summed E-state index contributed by atoms with van der Waals surface area (Å²) in [5.74, 6) is 1.49. The van der Waals surface area contributed by atoms with E-state index in [4.69, 9.17) is 0 Å². The molecule has 10 nitrogen and oxygen atoms in total. The van der Waals surface area contributed by atoms with Gasteiger partial charge in [-0.05, 0) is 30.5 Å². The molecule has 10 heteroatoms. The Balaban J connectivity index is 1.08. The minimum absolute atomic E-state index is 0.0974. The molecule has 0 spiro atoms. The average Bonchev–Trinajstić information content (AvgIpc) is 3.68. The number of benzene rings is 1. The van der Waals surface area contributed by atoms with Crippen molar-refractivity contribution in [1.82, 2.24) is 40.0 Å². The SMILES string of the molecule is O=C(CNCc1ccc(C(=O)N(Cc2ncc[nH]2)Cc2ncc[nH]2)cc1)N1CCN(C2CCCCC2)CC1. The van der Waals surface area contributed by atoms with Crippen LogP contribution < -0.4 is 5.32 Å². The second kappa shape index (κ2) is 12.8. The summed E-state index contributed by atoms with van der Waals surface area (Å²) >= 11 is 0. The molecule has 3 N–H and O–H groups in total. The lowest BCUT2D eigenvalue weighted by Gasteiger charge is -2.40. The van der Waals surface area contributed by atoms with Crippen LogP contribution in [0.25, 0.3) is 0 Å². The number of carbonyl (C=O) groups excluding carboxylic acids is 2. The van der Waals surface area contributed by atoms with Gasteiger partial charge < -0.3 is 25.1 Å². The Kier molecular flexibility index (Phi) is 8.82. The molecule has 2 aliphatic rings. The minimum atomic E-state index is -0.0974. The number of rotatable bonds is 10. The average molecular weight is 519 g/mol. The number of nitrogens with one attached hydrogen (secondary N) is 3. The molecule has 2 fully saturated rings. The maximum Gasteiger partial charge on any atom is 0.254 e. The molecule has 2 amide bonds. The van der Waals surface area contributed by atoms with E-state index in [0.29, 0.717) is 43.4 Å². The zero-order valence-electron chi connectivity index (χ0n) is 21.9. The van der Waals surface area contributed by atoms with Crippen LogP contribution in [0.3, 0.4) is 0 Å². The number of piperazine rings is 1. The van der Waals surface area contributed by atoms with E-state index < -0.39 is 0 Å². The third kappa shape index (κ3) is 6.87. The van der Waals surface area contributed by atoms with Crippen LogP contribution >= 0.6 is 0 Å². The first kappa shape index (κ1) is 26.1. The molecule has 2 aromatic heterocycles. The van der Waals surface area contributed by atoms with Crippen LogP contribution in [-0.2, 0) is 24.4 Å². The molecule has 1 aromatic carbocycles. The number of nitrogens with zero attached hydrogens (tertiary/aromatic N) is 5. The van der Waals surface area contributed by atoms with Crippen molar-refractivity contribution in [2.45, 2.75) is 57.8 Å². The smallest absolute Gasteiger partial charge is 0.254 e. The molecule has 3 aromatic rings. The molecule has 1 saturated carbocycles. The van der Waals surface area contributed by atoms with E-state index >= 15 is 0 Å². The molecule has 1 saturated heterocycles. The second-order valence-corrected chi connectivity index (χ2v) is 10.2. The number of hydrogen-bond donors (Lipinski definition) is 3. The van der Waals surface area contributed by atoms with Gasteiger partial charge in [-0.15, -0.1) is 0 Å². The summed E-state index contributed by atoms with van der Waals surface area (Å²) in [5, 5.41) is 3.28. The highest BCUT2D eigenvalue weighted by Gasteiger charge is 2.26. The van der Waals surface area contributed by atoms with Gasteiger partial charge in [0, 0.05) is 69.1 Å². The molecule has 0 unspecified atom stereocenters. The molecule has 38 heavy (non-hydrogen) atoms. The molecule has 0 bridgehead atoms. The van der Waals surface area contributed by atoms with Crippen molar-refractivity contribution in [3.8, 4) is 0 Å². The van der Waals surface area contributed by atoms with Gasteiger partial charge in [0.1, 0.15) is 11.6 Å². The largest absolute Gasteiger partial charge is 0.347 e. The number of carbonyl (C=O) groups is 2. The van der Waals surface area contributed by atoms with Gasteiger partial charge in [0.05, 0.1) is 19.6 Å². The first-order valence-electron chi connectivity index (χ1n) is 13.7.